The second-order valence-corrected chi connectivity index (χ2v) is 6.80. The number of rotatable bonds is 6. The van der Waals surface area contributed by atoms with E-state index in [1.165, 1.54) is 32.1 Å². The summed E-state index contributed by atoms with van der Waals surface area (Å²) in [6.45, 7) is 2.51. The number of hydrogen-bond acceptors (Lipinski definition) is 3. The number of pyridine rings is 1. The first-order valence-corrected chi connectivity index (χ1v) is 9.16. The van der Waals surface area contributed by atoms with Crippen molar-refractivity contribution >= 4 is 5.91 Å². The van der Waals surface area contributed by atoms with Crippen molar-refractivity contribution in [2.45, 2.75) is 51.7 Å². The van der Waals surface area contributed by atoms with E-state index in [0.29, 0.717) is 18.1 Å². The highest BCUT2D eigenvalue weighted by Crippen LogP contribution is 2.26. The topological polar surface area (TPSA) is 51.2 Å². The zero-order valence-electron chi connectivity index (χ0n) is 14.8. The van der Waals surface area contributed by atoms with E-state index in [9.17, 15) is 4.79 Å². The van der Waals surface area contributed by atoms with E-state index in [4.69, 9.17) is 4.74 Å². The number of amides is 1. The lowest BCUT2D eigenvalue weighted by Crippen LogP contribution is -2.38. The quantitative estimate of drug-likeness (QED) is 0.851. The number of carbonyl (C=O) groups is 1. The number of ether oxygens (including phenoxy) is 1. The fraction of sp³-hybridized carbons (Fsp3) is 0.429. The van der Waals surface area contributed by atoms with Crippen LogP contribution in [0.4, 0.5) is 0 Å². The fourth-order valence-corrected chi connectivity index (χ4v) is 3.36. The van der Waals surface area contributed by atoms with Crippen LogP contribution in [0.2, 0.25) is 0 Å². The highest BCUT2D eigenvalue weighted by atomic mass is 16.5. The molecule has 0 radical (unpaired) electrons. The molecular weight excluding hydrogens is 312 g/mol. The second kappa shape index (κ2) is 8.65. The first-order chi connectivity index (χ1) is 12.2. The molecule has 1 amide bonds. The van der Waals surface area contributed by atoms with Crippen molar-refractivity contribution in [3.05, 3.63) is 59.9 Å². The van der Waals surface area contributed by atoms with E-state index < -0.39 is 0 Å². The summed E-state index contributed by atoms with van der Waals surface area (Å²) in [6, 6.07) is 13.5. The molecule has 1 saturated carbocycles. The molecule has 1 fully saturated rings. The third-order valence-corrected chi connectivity index (χ3v) is 4.93. The van der Waals surface area contributed by atoms with Gasteiger partial charge in [-0.1, -0.05) is 37.5 Å². The second-order valence-electron chi connectivity index (χ2n) is 6.80. The van der Waals surface area contributed by atoms with Crippen LogP contribution in [0.15, 0.2) is 48.7 Å². The SMILES string of the molecule is C[C@H](NC(=O)c1ccc(COc2ccccc2)nc1)C1CCCCC1. The van der Waals surface area contributed by atoms with Gasteiger partial charge in [0, 0.05) is 12.2 Å². The standard InChI is InChI=1S/C21H26N2O2/c1-16(17-8-4-2-5-9-17)23-21(24)18-12-13-19(22-14-18)15-25-20-10-6-3-7-11-20/h3,6-7,10-14,16-17H,2,4-5,8-9,15H2,1H3,(H,23,24)/t16-/m0/s1. The third-order valence-electron chi connectivity index (χ3n) is 4.93. The van der Waals surface area contributed by atoms with Crippen LogP contribution in [0.25, 0.3) is 0 Å². The molecule has 1 N–H and O–H groups in total. The minimum atomic E-state index is -0.0406. The summed E-state index contributed by atoms with van der Waals surface area (Å²) < 4.78 is 5.67. The molecule has 4 nitrogen and oxygen atoms in total. The summed E-state index contributed by atoms with van der Waals surface area (Å²) in [5.41, 5.74) is 1.41. The van der Waals surface area contributed by atoms with Gasteiger partial charge in [0.25, 0.3) is 5.91 Å². The van der Waals surface area contributed by atoms with Crippen LogP contribution in [0.1, 0.15) is 55.1 Å². The average Bonchev–Trinajstić information content (AvgIpc) is 2.68. The molecule has 1 heterocycles. The molecule has 1 aromatic heterocycles. The Kier molecular flexibility index (Phi) is 6.04. The molecule has 3 rings (SSSR count). The van der Waals surface area contributed by atoms with E-state index in [-0.39, 0.29) is 11.9 Å². The maximum Gasteiger partial charge on any atom is 0.253 e. The number of nitrogens with zero attached hydrogens (tertiary/aromatic N) is 1. The highest BCUT2D eigenvalue weighted by molar-refractivity contribution is 5.94. The zero-order valence-corrected chi connectivity index (χ0v) is 14.8. The van der Waals surface area contributed by atoms with Crippen LogP contribution in [-0.4, -0.2) is 16.9 Å². The van der Waals surface area contributed by atoms with Gasteiger partial charge in [-0.3, -0.25) is 9.78 Å². The van der Waals surface area contributed by atoms with Gasteiger partial charge < -0.3 is 10.1 Å². The Morgan fingerprint density at radius 1 is 1.16 bits per heavy atom. The molecule has 4 heteroatoms. The van der Waals surface area contributed by atoms with Crippen molar-refractivity contribution in [3.8, 4) is 5.75 Å². The highest BCUT2D eigenvalue weighted by Gasteiger charge is 2.21. The molecule has 1 aliphatic rings. The molecule has 25 heavy (non-hydrogen) atoms. The maximum absolute atomic E-state index is 12.4. The van der Waals surface area contributed by atoms with Gasteiger partial charge in [-0.25, -0.2) is 0 Å². The van der Waals surface area contributed by atoms with E-state index in [1.807, 2.05) is 42.5 Å². The van der Waals surface area contributed by atoms with Crippen LogP contribution in [0, 0.1) is 5.92 Å². The summed E-state index contributed by atoms with van der Waals surface area (Å²) in [5, 5.41) is 3.13. The van der Waals surface area contributed by atoms with Crippen LogP contribution >= 0.6 is 0 Å². The first-order valence-electron chi connectivity index (χ1n) is 9.16. The van der Waals surface area contributed by atoms with Gasteiger partial charge in [0.15, 0.2) is 0 Å². The number of aromatic nitrogens is 1. The fourth-order valence-electron chi connectivity index (χ4n) is 3.36. The van der Waals surface area contributed by atoms with Crippen LogP contribution < -0.4 is 10.1 Å². The first kappa shape index (κ1) is 17.5. The Hall–Kier alpha value is -2.36. The lowest BCUT2D eigenvalue weighted by molar-refractivity contribution is 0.0919. The van der Waals surface area contributed by atoms with E-state index in [2.05, 4.69) is 17.2 Å². The molecule has 132 valence electrons. The molecule has 0 aliphatic heterocycles. The Morgan fingerprint density at radius 3 is 2.60 bits per heavy atom. The number of nitrogens with one attached hydrogen (secondary N) is 1. The number of benzene rings is 1. The number of hydrogen-bond donors (Lipinski definition) is 1. The van der Waals surface area contributed by atoms with Crippen LogP contribution in [0.3, 0.4) is 0 Å². The van der Waals surface area contributed by atoms with Gasteiger partial charge in [-0.15, -0.1) is 0 Å². The Balaban J connectivity index is 1.51. The predicted molar refractivity (Wildman–Crippen MR) is 98.5 cm³/mol. The predicted octanol–water partition coefficient (Wildman–Crippen LogP) is 4.36. The molecular formula is C21H26N2O2. The van der Waals surface area contributed by atoms with Crippen molar-refractivity contribution in [1.29, 1.82) is 0 Å². The van der Waals surface area contributed by atoms with Gasteiger partial charge in [0.2, 0.25) is 0 Å². The Morgan fingerprint density at radius 2 is 1.92 bits per heavy atom. The van der Waals surface area contributed by atoms with Crippen LogP contribution in [-0.2, 0) is 6.61 Å². The summed E-state index contributed by atoms with van der Waals surface area (Å²) in [4.78, 5) is 16.8. The van der Waals surface area contributed by atoms with Gasteiger partial charge in [-0.2, -0.15) is 0 Å². The lowest BCUT2D eigenvalue weighted by atomic mass is 9.84. The van der Waals surface area contributed by atoms with Gasteiger partial charge >= 0.3 is 0 Å². The lowest BCUT2D eigenvalue weighted by Gasteiger charge is -2.28. The molecule has 0 spiro atoms. The van der Waals surface area contributed by atoms with Crippen molar-refractivity contribution in [2.75, 3.05) is 0 Å². The van der Waals surface area contributed by atoms with E-state index in [1.54, 1.807) is 6.20 Å². The van der Waals surface area contributed by atoms with E-state index in [0.717, 1.165) is 11.4 Å². The zero-order chi connectivity index (χ0) is 17.5. The molecule has 2 aromatic rings. The molecule has 1 aliphatic carbocycles. The summed E-state index contributed by atoms with van der Waals surface area (Å²) in [5.74, 6) is 1.37. The molecule has 1 aromatic carbocycles. The molecule has 0 unspecified atom stereocenters. The summed E-state index contributed by atoms with van der Waals surface area (Å²) >= 11 is 0. The summed E-state index contributed by atoms with van der Waals surface area (Å²) in [7, 11) is 0. The van der Waals surface area contributed by atoms with E-state index >= 15 is 0 Å². The monoisotopic (exact) mass is 338 g/mol. The number of para-hydroxylation sites is 1. The molecule has 0 saturated heterocycles. The van der Waals surface area contributed by atoms with Gasteiger partial charge in [0.05, 0.1) is 11.3 Å². The smallest absolute Gasteiger partial charge is 0.253 e. The minimum Gasteiger partial charge on any atom is -0.487 e. The van der Waals surface area contributed by atoms with Crippen molar-refractivity contribution < 1.29 is 9.53 Å². The largest absolute Gasteiger partial charge is 0.487 e. The molecule has 0 bridgehead atoms. The Bertz CT molecular complexity index is 664. The van der Waals surface area contributed by atoms with Gasteiger partial charge in [-0.05, 0) is 49.9 Å². The van der Waals surface area contributed by atoms with Crippen LogP contribution in [0.5, 0.6) is 5.75 Å². The normalized spacial score (nSPS) is 16.2. The minimum absolute atomic E-state index is 0.0406. The number of carbonyl (C=O) groups excluding carboxylic acids is 1. The summed E-state index contributed by atoms with van der Waals surface area (Å²) in [6.07, 6.45) is 7.95. The maximum atomic E-state index is 12.4. The van der Waals surface area contributed by atoms with Crippen molar-refractivity contribution in [3.63, 3.8) is 0 Å². The average molecular weight is 338 g/mol. The Labute approximate surface area is 149 Å². The van der Waals surface area contributed by atoms with Crippen molar-refractivity contribution in [2.24, 2.45) is 5.92 Å². The molecule has 1 atom stereocenters. The van der Waals surface area contributed by atoms with Gasteiger partial charge in [0.1, 0.15) is 12.4 Å². The third kappa shape index (κ3) is 5.05. The van der Waals surface area contributed by atoms with Crippen molar-refractivity contribution in [1.82, 2.24) is 10.3 Å².